The maximum Gasteiger partial charge on any atom is 0.267 e. The normalized spacial score (nSPS) is 19.8. The number of aromatic nitrogens is 1. The lowest BCUT2D eigenvalue weighted by Crippen LogP contribution is -2.33. The highest BCUT2D eigenvalue weighted by atomic mass is 79.9. The third-order valence-corrected chi connectivity index (χ3v) is 5.03. The Bertz CT molecular complexity index is 413. The summed E-state index contributed by atoms with van der Waals surface area (Å²) in [6.07, 6.45) is 5.79. The van der Waals surface area contributed by atoms with Gasteiger partial charge in [0.15, 0.2) is 0 Å². The molecule has 5 heteroatoms. The van der Waals surface area contributed by atoms with Crippen molar-refractivity contribution in [2.45, 2.75) is 38.0 Å². The highest BCUT2D eigenvalue weighted by molar-refractivity contribution is 9.10. The molecule has 1 aromatic heterocycles. The Morgan fingerprint density at radius 1 is 1.61 bits per heavy atom. The van der Waals surface area contributed by atoms with Gasteiger partial charge in [0, 0.05) is 29.0 Å². The van der Waals surface area contributed by atoms with Crippen LogP contribution < -0.4 is 5.32 Å². The molecular weight excluding hydrogens is 312 g/mol. The Balaban J connectivity index is 1.90. The summed E-state index contributed by atoms with van der Waals surface area (Å²) in [7, 11) is 0. The van der Waals surface area contributed by atoms with Gasteiger partial charge in [0.05, 0.1) is 0 Å². The SMILES string of the molecule is CCn1cc(Br)cc1C(=O)NCC1CCCCS1. The molecule has 1 unspecified atom stereocenters. The van der Waals surface area contributed by atoms with E-state index < -0.39 is 0 Å². The number of nitrogens with zero attached hydrogens (tertiary/aromatic N) is 1. The Morgan fingerprint density at radius 3 is 3.11 bits per heavy atom. The van der Waals surface area contributed by atoms with Crippen molar-refractivity contribution in [1.29, 1.82) is 0 Å². The number of carbonyl (C=O) groups is 1. The molecule has 2 heterocycles. The van der Waals surface area contributed by atoms with Gasteiger partial charge in [0.2, 0.25) is 0 Å². The number of thioether (sulfide) groups is 1. The first kappa shape index (κ1) is 14.0. The van der Waals surface area contributed by atoms with Crippen LogP contribution >= 0.6 is 27.7 Å². The maximum atomic E-state index is 12.1. The molecule has 18 heavy (non-hydrogen) atoms. The number of amides is 1. The van der Waals surface area contributed by atoms with Crippen molar-refractivity contribution in [3.63, 3.8) is 0 Å². The molecule has 0 aromatic carbocycles. The van der Waals surface area contributed by atoms with Crippen molar-refractivity contribution >= 4 is 33.6 Å². The summed E-state index contributed by atoms with van der Waals surface area (Å²) in [6.45, 7) is 3.64. The minimum Gasteiger partial charge on any atom is -0.350 e. The molecule has 0 radical (unpaired) electrons. The minimum atomic E-state index is 0.0359. The minimum absolute atomic E-state index is 0.0359. The fourth-order valence-electron chi connectivity index (χ4n) is 2.19. The van der Waals surface area contributed by atoms with E-state index in [1.807, 2.05) is 35.5 Å². The van der Waals surface area contributed by atoms with Gasteiger partial charge in [-0.05, 0) is 47.5 Å². The smallest absolute Gasteiger partial charge is 0.267 e. The number of carbonyl (C=O) groups excluding carboxylic acids is 1. The number of nitrogens with one attached hydrogen (secondary N) is 1. The first-order chi connectivity index (χ1) is 8.70. The monoisotopic (exact) mass is 330 g/mol. The van der Waals surface area contributed by atoms with E-state index in [0.29, 0.717) is 5.25 Å². The number of halogens is 1. The molecule has 2 rings (SSSR count). The van der Waals surface area contributed by atoms with Gasteiger partial charge in [0.25, 0.3) is 5.91 Å². The van der Waals surface area contributed by atoms with E-state index >= 15 is 0 Å². The molecule has 100 valence electrons. The highest BCUT2D eigenvalue weighted by Gasteiger charge is 2.17. The lowest BCUT2D eigenvalue weighted by atomic mass is 10.2. The molecule has 0 bridgehead atoms. The average molecular weight is 331 g/mol. The summed E-state index contributed by atoms with van der Waals surface area (Å²) < 4.78 is 2.93. The van der Waals surface area contributed by atoms with E-state index in [1.165, 1.54) is 25.0 Å². The number of hydrogen-bond donors (Lipinski definition) is 1. The molecule has 1 N–H and O–H groups in total. The van der Waals surface area contributed by atoms with Gasteiger partial charge in [-0.15, -0.1) is 0 Å². The highest BCUT2D eigenvalue weighted by Crippen LogP contribution is 2.24. The maximum absolute atomic E-state index is 12.1. The van der Waals surface area contributed by atoms with Crippen LogP contribution in [0.2, 0.25) is 0 Å². The molecule has 0 aliphatic carbocycles. The van der Waals surface area contributed by atoms with Gasteiger partial charge in [-0.25, -0.2) is 0 Å². The first-order valence-corrected chi connectivity index (χ1v) is 8.30. The topological polar surface area (TPSA) is 34.0 Å². The van der Waals surface area contributed by atoms with E-state index in [2.05, 4.69) is 21.2 Å². The van der Waals surface area contributed by atoms with Gasteiger partial charge in [-0.2, -0.15) is 11.8 Å². The fraction of sp³-hybridized carbons (Fsp3) is 0.615. The molecule has 1 saturated heterocycles. The van der Waals surface area contributed by atoms with E-state index in [9.17, 15) is 4.79 Å². The Labute approximate surface area is 121 Å². The second-order valence-corrected chi connectivity index (χ2v) is 6.85. The summed E-state index contributed by atoms with van der Waals surface area (Å²) in [6, 6.07) is 1.88. The first-order valence-electron chi connectivity index (χ1n) is 6.46. The number of hydrogen-bond acceptors (Lipinski definition) is 2. The van der Waals surface area contributed by atoms with Gasteiger partial charge in [-0.3, -0.25) is 4.79 Å². The largest absolute Gasteiger partial charge is 0.350 e. The third-order valence-electron chi connectivity index (χ3n) is 3.20. The molecule has 1 atom stereocenters. The fourth-order valence-corrected chi connectivity index (χ4v) is 3.89. The van der Waals surface area contributed by atoms with Crippen LogP contribution in [0.1, 0.15) is 36.7 Å². The second kappa shape index (κ2) is 6.66. The number of aryl methyl sites for hydroxylation is 1. The lowest BCUT2D eigenvalue weighted by molar-refractivity contribution is 0.0944. The standard InChI is InChI=1S/C13H19BrN2OS/c1-2-16-9-10(14)7-12(16)13(17)15-8-11-5-3-4-6-18-11/h7,9,11H,2-6,8H2,1H3,(H,15,17). The molecule has 0 spiro atoms. The van der Waals surface area contributed by atoms with Gasteiger partial charge in [0.1, 0.15) is 5.69 Å². The van der Waals surface area contributed by atoms with Crippen molar-refractivity contribution in [2.75, 3.05) is 12.3 Å². The molecule has 1 aliphatic rings. The van der Waals surface area contributed by atoms with Crippen molar-refractivity contribution in [1.82, 2.24) is 9.88 Å². The van der Waals surface area contributed by atoms with Gasteiger partial charge < -0.3 is 9.88 Å². The average Bonchev–Trinajstić information content (AvgIpc) is 2.78. The summed E-state index contributed by atoms with van der Waals surface area (Å²) in [5.41, 5.74) is 0.741. The molecule has 1 aliphatic heterocycles. The van der Waals surface area contributed by atoms with Crippen LogP contribution in [0.15, 0.2) is 16.7 Å². The summed E-state index contributed by atoms with van der Waals surface area (Å²) in [4.78, 5) is 12.1. The van der Waals surface area contributed by atoms with Gasteiger partial charge in [-0.1, -0.05) is 6.42 Å². The molecule has 1 aromatic rings. The summed E-state index contributed by atoms with van der Waals surface area (Å²) in [5, 5.41) is 3.65. The third kappa shape index (κ3) is 3.54. The van der Waals surface area contributed by atoms with Crippen molar-refractivity contribution in [3.05, 3.63) is 22.4 Å². The Hall–Kier alpha value is -0.420. The second-order valence-electron chi connectivity index (χ2n) is 4.53. The number of rotatable bonds is 4. The molecule has 3 nitrogen and oxygen atoms in total. The molecular formula is C13H19BrN2OS. The predicted octanol–water partition coefficient (Wildman–Crippen LogP) is 3.29. The van der Waals surface area contributed by atoms with E-state index in [4.69, 9.17) is 0 Å². The van der Waals surface area contributed by atoms with Crippen LogP contribution in [-0.2, 0) is 6.54 Å². The Kier molecular flexibility index (Phi) is 5.18. The zero-order chi connectivity index (χ0) is 13.0. The van der Waals surface area contributed by atoms with E-state index in [-0.39, 0.29) is 5.91 Å². The van der Waals surface area contributed by atoms with E-state index in [1.54, 1.807) is 0 Å². The zero-order valence-electron chi connectivity index (χ0n) is 10.6. The summed E-state index contributed by atoms with van der Waals surface area (Å²) >= 11 is 5.40. The van der Waals surface area contributed by atoms with Crippen LogP contribution in [0.4, 0.5) is 0 Å². The Morgan fingerprint density at radius 2 is 2.44 bits per heavy atom. The van der Waals surface area contributed by atoms with E-state index in [0.717, 1.165) is 23.3 Å². The van der Waals surface area contributed by atoms with Crippen LogP contribution in [0.3, 0.4) is 0 Å². The zero-order valence-corrected chi connectivity index (χ0v) is 13.0. The van der Waals surface area contributed by atoms with Crippen molar-refractivity contribution in [3.8, 4) is 0 Å². The van der Waals surface area contributed by atoms with Crippen LogP contribution in [0, 0.1) is 0 Å². The molecule has 1 amide bonds. The van der Waals surface area contributed by atoms with Crippen LogP contribution in [0.5, 0.6) is 0 Å². The quantitative estimate of drug-likeness (QED) is 0.919. The predicted molar refractivity (Wildman–Crippen MR) is 80.2 cm³/mol. The lowest BCUT2D eigenvalue weighted by Gasteiger charge is -2.21. The van der Waals surface area contributed by atoms with Crippen LogP contribution in [0.25, 0.3) is 0 Å². The molecule has 0 saturated carbocycles. The van der Waals surface area contributed by atoms with Gasteiger partial charge >= 0.3 is 0 Å². The van der Waals surface area contributed by atoms with Crippen molar-refractivity contribution in [2.24, 2.45) is 0 Å². The van der Waals surface area contributed by atoms with Crippen LogP contribution in [-0.4, -0.2) is 28.0 Å². The summed E-state index contributed by atoms with van der Waals surface area (Å²) in [5.74, 6) is 1.27. The van der Waals surface area contributed by atoms with Crippen molar-refractivity contribution < 1.29 is 4.79 Å². The molecule has 1 fully saturated rings.